The van der Waals surface area contributed by atoms with E-state index in [4.69, 9.17) is 14.0 Å². The van der Waals surface area contributed by atoms with Crippen molar-refractivity contribution in [2.75, 3.05) is 25.5 Å². The highest BCUT2D eigenvalue weighted by Crippen LogP contribution is 2.37. The standard InChI is InChI=1S/C23H25N3O6S/c1-16-14-22(32-25-16)23(27)24-18-15-17(33(28,29)26-12-6-3-7-13-26)10-11-19(18)31-21-9-5-4-8-20(21)30-2/h4-5,8-11,14-15H,3,6-7,12-13H2,1-2H3,(H,24,27). The van der Waals surface area contributed by atoms with Crippen molar-refractivity contribution in [3.63, 3.8) is 0 Å². The topological polar surface area (TPSA) is 111 Å². The fraction of sp³-hybridized carbons (Fsp3) is 0.304. The van der Waals surface area contributed by atoms with Crippen LogP contribution in [0.1, 0.15) is 35.5 Å². The summed E-state index contributed by atoms with van der Waals surface area (Å²) >= 11 is 0. The third-order valence-corrected chi connectivity index (χ3v) is 7.19. The van der Waals surface area contributed by atoms with E-state index in [-0.39, 0.29) is 22.1 Å². The van der Waals surface area contributed by atoms with Crippen molar-refractivity contribution in [3.8, 4) is 17.2 Å². The Kier molecular flexibility index (Phi) is 6.66. The van der Waals surface area contributed by atoms with E-state index in [1.807, 2.05) is 0 Å². The van der Waals surface area contributed by atoms with E-state index < -0.39 is 15.9 Å². The molecular formula is C23H25N3O6S. The van der Waals surface area contributed by atoms with Gasteiger partial charge in [-0.3, -0.25) is 4.79 Å². The lowest BCUT2D eigenvalue weighted by molar-refractivity contribution is 0.0987. The van der Waals surface area contributed by atoms with Crippen LogP contribution in [0, 0.1) is 6.92 Å². The molecule has 0 radical (unpaired) electrons. The van der Waals surface area contributed by atoms with Gasteiger partial charge in [0.25, 0.3) is 5.91 Å². The summed E-state index contributed by atoms with van der Waals surface area (Å²) in [6, 6.07) is 12.9. The number of anilines is 1. The molecule has 0 bridgehead atoms. The number of rotatable bonds is 7. The van der Waals surface area contributed by atoms with Crippen molar-refractivity contribution in [1.29, 1.82) is 0 Å². The number of aromatic nitrogens is 1. The Morgan fingerprint density at radius 1 is 1.03 bits per heavy atom. The normalized spacial score (nSPS) is 14.6. The Morgan fingerprint density at radius 2 is 1.76 bits per heavy atom. The molecule has 4 rings (SSSR count). The molecule has 0 saturated carbocycles. The molecule has 1 aliphatic heterocycles. The van der Waals surface area contributed by atoms with E-state index in [9.17, 15) is 13.2 Å². The predicted molar refractivity (Wildman–Crippen MR) is 121 cm³/mol. The SMILES string of the molecule is COc1ccccc1Oc1ccc(S(=O)(=O)N2CCCCC2)cc1NC(=O)c1cc(C)no1. The molecule has 1 fully saturated rings. The molecule has 0 aliphatic carbocycles. The number of piperidine rings is 1. The van der Waals surface area contributed by atoms with Crippen LogP contribution < -0.4 is 14.8 Å². The van der Waals surface area contributed by atoms with Crippen LogP contribution in [0.5, 0.6) is 17.2 Å². The number of ether oxygens (including phenoxy) is 2. The molecule has 1 aromatic heterocycles. The van der Waals surface area contributed by atoms with Crippen LogP contribution in [-0.2, 0) is 10.0 Å². The molecule has 0 spiro atoms. The van der Waals surface area contributed by atoms with Crippen LogP contribution in [0.15, 0.2) is 57.9 Å². The van der Waals surface area contributed by atoms with E-state index in [1.165, 1.54) is 35.7 Å². The quantitative estimate of drug-likeness (QED) is 0.549. The summed E-state index contributed by atoms with van der Waals surface area (Å²) in [6.45, 7) is 2.64. The van der Waals surface area contributed by atoms with E-state index >= 15 is 0 Å². The zero-order chi connectivity index (χ0) is 23.4. The first kappa shape index (κ1) is 22.8. The number of aryl methyl sites for hydroxylation is 1. The average molecular weight is 472 g/mol. The Balaban J connectivity index is 1.71. The van der Waals surface area contributed by atoms with Crippen LogP contribution in [-0.4, -0.2) is 44.0 Å². The van der Waals surface area contributed by atoms with Crippen LogP contribution in [0.25, 0.3) is 0 Å². The van der Waals surface area contributed by atoms with Crippen LogP contribution >= 0.6 is 0 Å². The van der Waals surface area contributed by atoms with Crippen LogP contribution in [0.2, 0.25) is 0 Å². The molecule has 1 N–H and O–H groups in total. The van der Waals surface area contributed by atoms with E-state index in [2.05, 4.69) is 10.5 Å². The molecule has 9 nitrogen and oxygen atoms in total. The first-order valence-corrected chi connectivity index (χ1v) is 12.0. The fourth-order valence-corrected chi connectivity index (χ4v) is 5.13. The minimum absolute atomic E-state index is 0.0000300. The summed E-state index contributed by atoms with van der Waals surface area (Å²) in [4.78, 5) is 12.8. The van der Waals surface area contributed by atoms with Crippen LogP contribution in [0.3, 0.4) is 0 Å². The molecular weight excluding hydrogens is 446 g/mol. The number of amides is 1. The van der Waals surface area contributed by atoms with Crippen molar-refractivity contribution in [2.45, 2.75) is 31.1 Å². The molecule has 10 heteroatoms. The first-order chi connectivity index (χ1) is 15.9. The number of methoxy groups -OCH3 is 1. The Hall–Kier alpha value is -3.37. The minimum atomic E-state index is -3.72. The third kappa shape index (κ3) is 5.01. The second kappa shape index (κ2) is 9.63. The summed E-state index contributed by atoms with van der Waals surface area (Å²) in [6.07, 6.45) is 2.65. The van der Waals surface area contributed by atoms with Crippen molar-refractivity contribution < 1.29 is 27.2 Å². The number of hydrogen-bond acceptors (Lipinski definition) is 7. The predicted octanol–water partition coefficient (Wildman–Crippen LogP) is 4.21. The lowest BCUT2D eigenvalue weighted by Gasteiger charge is -2.26. The number of para-hydroxylation sites is 2. The molecule has 3 aromatic rings. The van der Waals surface area contributed by atoms with Crippen molar-refractivity contribution in [2.24, 2.45) is 0 Å². The highest BCUT2D eigenvalue weighted by atomic mass is 32.2. The Bertz CT molecular complexity index is 1250. The van der Waals surface area contributed by atoms with E-state index in [0.717, 1.165) is 19.3 Å². The number of nitrogens with one attached hydrogen (secondary N) is 1. The zero-order valence-corrected chi connectivity index (χ0v) is 19.2. The minimum Gasteiger partial charge on any atom is -0.493 e. The molecule has 33 heavy (non-hydrogen) atoms. The second-order valence-corrected chi connectivity index (χ2v) is 9.60. The molecule has 0 unspecified atom stereocenters. The summed E-state index contributed by atoms with van der Waals surface area (Å²) in [5, 5.41) is 6.42. The van der Waals surface area contributed by atoms with Crippen molar-refractivity contribution in [1.82, 2.24) is 9.46 Å². The summed E-state index contributed by atoms with van der Waals surface area (Å²) < 4.78 is 44.2. The Morgan fingerprint density at radius 3 is 2.42 bits per heavy atom. The maximum Gasteiger partial charge on any atom is 0.294 e. The van der Waals surface area contributed by atoms with E-state index in [0.29, 0.717) is 30.3 Å². The number of carbonyl (C=O) groups is 1. The highest BCUT2D eigenvalue weighted by Gasteiger charge is 2.27. The molecule has 0 atom stereocenters. The van der Waals surface area contributed by atoms with Gasteiger partial charge in [0.05, 0.1) is 23.4 Å². The lowest BCUT2D eigenvalue weighted by Crippen LogP contribution is -2.35. The monoisotopic (exact) mass is 471 g/mol. The number of carbonyl (C=O) groups excluding carboxylic acids is 1. The molecule has 2 aromatic carbocycles. The van der Waals surface area contributed by atoms with Gasteiger partial charge in [0.1, 0.15) is 0 Å². The molecule has 1 amide bonds. The van der Waals surface area contributed by atoms with E-state index in [1.54, 1.807) is 31.2 Å². The van der Waals surface area contributed by atoms with Gasteiger partial charge in [-0.05, 0) is 50.1 Å². The highest BCUT2D eigenvalue weighted by molar-refractivity contribution is 7.89. The Labute approximate surface area is 192 Å². The van der Waals surface area contributed by atoms with Crippen molar-refractivity contribution in [3.05, 3.63) is 60.0 Å². The molecule has 1 aliphatic rings. The van der Waals surface area contributed by atoms with Crippen LogP contribution in [0.4, 0.5) is 5.69 Å². The van der Waals surface area contributed by atoms with Gasteiger partial charge in [-0.2, -0.15) is 4.31 Å². The van der Waals surface area contributed by atoms with Gasteiger partial charge < -0.3 is 19.3 Å². The summed E-state index contributed by atoms with van der Waals surface area (Å²) in [5.41, 5.74) is 0.727. The largest absolute Gasteiger partial charge is 0.493 e. The number of hydrogen-bond donors (Lipinski definition) is 1. The molecule has 174 valence electrons. The van der Waals surface area contributed by atoms with Gasteiger partial charge in [-0.1, -0.05) is 23.7 Å². The zero-order valence-electron chi connectivity index (χ0n) is 18.4. The van der Waals surface area contributed by atoms with Gasteiger partial charge in [0, 0.05) is 19.2 Å². The molecule has 2 heterocycles. The maximum atomic E-state index is 13.2. The lowest BCUT2D eigenvalue weighted by atomic mass is 10.2. The van der Waals surface area contributed by atoms with Gasteiger partial charge in [-0.15, -0.1) is 0 Å². The van der Waals surface area contributed by atoms with Gasteiger partial charge >= 0.3 is 0 Å². The second-order valence-electron chi connectivity index (χ2n) is 7.66. The van der Waals surface area contributed by atoms with Crippen molar-refractivity contribution >= 4 is 21.6 Å². The summed E-state index contributed by atoms with van der Waals surface area (Å²) in [7, 11) is -2.20. The fourth-order valence-electron chi connectivity index (χ4n) is 3.59. The number of sulfonamides is 1. The average Bonchev–Trinajstić information content (AvgIpc) is 3.27. The maximum absolute atomic E-state index is 13.2. The summed E-state index contributed by atoms with van der Waals surface area (Å²) in [5.74, 6) is 0.581. The van der Waals surface area contributed by atoms with Gasteiger partial charge in [0.2, 0.25) is 15.8 Å². The first-order valence-electron chi connectivity index (χ1n) is 10.6. The third-order valence-electron chi connectivity index (χ3n) is 5.29. The smallest absolute Gasteiger partial charge is 0.294 e. The van der Waals surface area contributed by atoms with Gasteiger partial charge in [-0.25, -0.2) is 8.42 Å². The molecule has 1 saturated heterocycles. The number of nitrogens with zero attached hydrogens (tertiary/aromatic N) is 2. The number of benzene rings is 2. The van der Waals surface area contributed by atoms with Gasteiger partial charge in [0.15, 0.2) is 17.2 Å².